The summed E-state index contributed by atoms with van der Waals surface area (Å²) < 4.78 is 23.9. The Morgan fingerprint density at radius 3 is 2.52 bits per heavy atom. The van der Waals surface area contributed by atoms with E-state index in [1.165, 1.54) is 20.3 Å². The van der Waals surface area contributed by atoms with E-state index in [1.807, 2.05) is 0 Å². The summed E-state index contributed by atoms with van der Waals surface area (Å²) in [5.74, 6) is 0.485. The second kappa shape index (κ2) is 6.78. The minimum atomic E-state index is -0.880. The van der Waals surface area contributed by atoms with Crippen molar-refractivity contribution in [2.45, 2.75) is 12.5 Å². The van der Waals surface area contributed by atoms with E-state index in [0.717, 1.165) is 0 Å². The minimum Gasteiger partial charge on any atom is -0.493 e. The van der Waals surface area contributed by atoms with Crippen LogP contribution < -0.4 is 9.47 Å². The number of benzene rings is 2. The highest BCUT2D eigenvalue weighted by molar-refractivity contribution is 6.31. The number of methoxy groups -OCH3 is 2. The Morgan fingerprint density at radius 2 is 1.86 bits per heavy atom. The lowest BCUT2D eigenvalue weighted by Gasteiger charge is -2.17. The highest BCUT2D eigenvalue weighted by Gasteiger charge is 2.19. The van der Waals surface area contributed by atoms with Gasteiger partial charge in [0.15, 0.2) is 11.5 Å². The summed E-state index contributed by atoms with van der Waals surface area (Å²) in [6, 6.07) is 9.76. The molecule has 0 saturated heterocycles. The van der Waals surface area contributed by atoms with Crippen LogP contribution in [0.5, 0.6) is 11.5 Å². The second-order valence-electron chi connectivity index (χ2n) is 4.52. The lowest BCUT2D eigenvalue weighted by atomic mass is 10.00. The van der Waals surface area contributed by atoms with Crippen molar-refractivity contribution in [3.05, 3.63) is 58.4 Å². The van der Waals surface area contributed by atoms with Gasteiger partial charge in [-0.25, -0.2) is 4.39 Å². The maximum absolute atomic E-state index is 13.4. The summed E-state index contributed by atoms with van der Waals surface area (Å²) in [5.41, 5.74) is 1.10. The van der Waals surface area contributed by atoms with Crippen LogP contribution in [0.2, 0.25) is 5.02 Å². The van der Waals surface area contributed by atoms with Gasteiger partial charge in [-0.15, -0.1) is 0 Å². The van der Waals surface area contributed by atoms with Crippen molar-refractivity contribution in [1.29, 1.82) is 0 Å². The number of rotatable bonds is 5. The molecule has 112 valence electrons. The first-order valence-corrected chi connectivity index (χ1v) is 6.78. The Kier molecular flexibility index (Phi) is 5.04. The molecule has 0 saturated carbocycles. The first-order chi connectivity index (χ1) is 10.1. The first-order valence-electron chi connectivity index (χ1n) is 6.40. The van der Waals surface area contributed by atoms with Gasteiger partial charge >= 0.3 is 0 Å². The summed E-state index contributed by atoms with van der Waals surface area (Å²) in [6.45, 7) is 0. The number of aliphatic hydroxyl groups is 1. The van der Waals surface area contributed by atoms with Crippen LogP contribution in [-0.4, -0.2) is 19.3 Å². The van der Waals surface area contributed by atoms with E-state index >= 15 is 0 Å². The zero-order chi connectivity index (χ0) is 15.4. The summed E-state index contributed by atoms with van der Waals surface area (Å²) in [4.78, 5) is 0. The van der Waals surface area contributed by atoms with Gasteiger partial charge in [-0.1, -0.05) is 35.9 Å². The SMILES string of the molecule is COc1cccc(C(O)Cc2cccc(F)c2Cl)c1OC. The van der Waals surface area contributed by atoms with Gasteiger partial charge < -0.3 is 14.6 Å². The molecule has 0 fully saturated rings. The molecule has 2 rings (SSSR count). The maximum atomic E-state index is 13.4. The van der Waals surface area contributed by atoms with Crippen LogP contribution in [0.15, 0.2) is 36.4 Å². The predicted octanol–water partition coefficient (Wildman–Crippen LogP) is 3.77. The van der Waals surface area contributed by atoms with Crippen LogP contribution in [0.1, 0.15) is 17.2 Å². The number of halogens is 2. The smallest absolute Gasteiger partial charge is 0.166 e. The van der Waals surface area contributed by atoms with Gasteiger partial charge in [-0.3, -0.25) is 0 Å². The molecule has 0 radical (unpaired) electrons. The predicted molar refractivity (Wildman–Crippen MR) is 79.6 cm³/mol. The summed E-state index contributed by atoms with van der Waals surface area (Å²) in [5, 5.41) is 10.4. The highest BCUT2D eigenvalue weighted by Crippen LogP contribution is 2.36. The van der Waals surface area contributed by atoms with Crippen LogP contribution in [0, 0.1) is 5.82 Å². The third-order valence-electron chi connectivity index (χ3n) is 3.24. The van der Waals surface area contributed by atoms with E-state index in [0.29, 0.717) is 22.6 Å². The number of para-hydroxylation sites is 1. The van der Waals surface area contributed by atoms with Crippen molar-refractivity contribution in [2.75, 3.05) is 14.2 Å². The standard InChI is InChI=1S/C16H16ClFO3/c1-20-14-8-4-6-11(16(14)21-2)13(19)9-10-5-3-7-12(18)15(10)17/h3-8,13,19H,9H2,1-2H3. The zero-order valence-corrected chi connectivity index (χ0v) is 12.5. The molecule has 3 nitrogen and oxygen atoms in total. The van der Waals surface area contributed by atoms with Gasteiger partial charge in [-0.05, 0) is 17.7 Å². The number of hydrogen-bond acceptors (Lipinski definition) is 3. The molecule has 0 spiro atoms. The Hall–Kier alpha value is -1.78. The van der Waals surface area contributed by atoms with Crippen LogP contribution >= 0.6 is 11.6 Å². The molecule has 0 bridgehead atoms. The van der Waals surface area contributed by atoms with E-state index in [9.17, 15) is 9.50 Å². The average molecular weight is 311 g/mol. The second-order valence-corrected chi connectivity index (χ2v) is 4.89. The molecule has 1 unspecified atom stereocenters. The molecule has 0 aliphatic carbocycles. The quantitative estimate of drug-likeness (QED) is 0.913. The van der Waals surface area contributed by atoms with Crippen molar-refractivity contribution in [3.63, 3.8) is 0 Å². The molecule has 2 aromatic rings. The van der Waals surface area contributed by atoms with Crippen LogP contribution in [0.3, 0.4) is 0 Å². The van der Waals surface area contributed by atoms with Crippen LogP contribution in [-0.2, 0) is 6.42 Å². The molecule has 0 aliphatic rings. The number of ether oxygens (including phenoxy) is 2. The molecular formula is C16H16ClFO3. The van der Waals surface area contributed by atoms with Gasteiger partial charge in [0.05, 0.1) is 25.3 Å². The topological polar surface area (TPSA) is 38.7 Å². The average Bonchev–Trinajstić information content (AvgIpc) is 2.50. The molecule has 0 aromatic heterocycles. The summed E-state index contributed by atoms with van der Waals surface area (Å²) in [6.07, 6.45) is -0.700. The fourth-order valence-electron chi connectivity index (χ4n) is 2.20. The van der Waals surface area contributed by atoms with Crippen molar-refractivity contribution < 1.29 is 19.0 Å². The zero-order valence-electron chi connectivity index (χ0n) is 11.8. The Balaban J connectivity index is 2.32. The van der Waals surface area contributed by atoms with E-state index in [4.69, 9.17) is 21.1 Å². The van der Waals surface area contributed by atoms with E-state index in [-0.39, 0.29) is 11.4 Å². The summed E-state index contributed by atoms with van der Waals surface area (Å²) >= 11 is 5.91. The van der Waals surface area contributed by atoms with Crippen molar-refractivity contribution in [3.8, 4) is 11.5 Å². The van der Waals surface area contributed by atoms with Crippen molar-refractivity contribution in [2.24, 2.45) is 0 Å². The monoisotopic (exact) mass is 310 g/mol. The Labute approximate surface area is 127 Å². The van der Waals surface area contributed by atoms with Crippen molar-refractivity contribution in [1.82, 2.24) is 0 Å². The van der Waals surface area contributed by atoms with E-state index < -0.39 is 11.9 Å². The van der Waals surface area contributed by atoms with Gasteiger partial charge in [0.2, 0.25) is 0 Å². The number of hydrogen-bond donors (Lipinski definition) is 1. The van der Waals surface area contributed by atoms with E-state index in [1.54, 1.807) is 30.3 Å². The Bertz CT molecular complexity index is 631. The number of aliphatic hydroxyl groups excluding tert-OH is 1. The van der Waals surface area contributed by atoms with Gasteiger partial charge in [0.25, 0.3) is 0 Å². The van der Waals surface area contributed by atoms with Crippen molar-refractivity contribution >= 4 is 11.6 Å². The maximum Gasteiger partial charge on any atom is 0.166 e. The molecule has 0 amide bonds. The fourth-order valence-corrected chi connectivity index (χ4v) is 2.40. The molecule has 0 aliphatic heterocycles. The van der Waals surface area contributed by atoms with Crippen LogP contribution in [0.25, 0.3) is 0 Å². The molecule has 5 heteroatoms. The van der Waals surface area contributed by atoms with Gasteiger partial charge in [-0.2, -0.15) is 0 Å². The minimum absolute atomic E-state index is 0.0263. The fraction of sp³-hybridized carbons (Fsp3) is 0.250. The largest absolute Gasteiger partial charge is 0.493 e. The Morgan fingerprint density at radius 1 is 1.14 bits per heavy atom. The lowest BCUT2D eigenvalue weighted by molar-refractivity contribution is 0.173. The highest BCUT2D eigenvalue weighted by atomic mass is 35.5. The van der Waals surface area contributed by atoms with Gasteiger partial charge in [0.1, 0.15) is 5.82 Å². The normalized spacial score (nSPS) is 12.0. The molecular weight excluding hydrogens is 295 g/mol. The van der Waals surface area contributed by atoms with Crippen LogP contribution in [0.4, 0.5) is 4.39 Å². The van der Waals surface area contributed by atoms with Gasteiger partial charge in [0, 0.05) is 12.0 Å². The lowest BCUT2D eigenvalue weighted by Crippen LogP contribution is -2.06. The van der Waals surface area contributed by atoms with E-state index in [2.05, 4.69) is 0 Å². The third-order valence-corrected chi connectivity index (χ3v) is 3.66. The summed E-state index contributed by atoms with van der Waals surface area (Å²) in [7, 11) is 3.03. The molecule has 2 aromatic carbocycles. The molecule has 1 N–H and O–H groups in total. The first kappa shape index (κ1) is 15.6. The molecule has 0 heterocycles. The molecule has 21 heavy (non-hydrogen) atoms. The molecule has 1 atom stereocenters. The third kappa shape index (κ3) is 3.28.